The first-order valence-electron chi connectivity index (χ1n) is 5.43. The lowest BCUT2D eigenvalue weighted by Crippen LogP contribution is -2.27. The number of hydrogen-bond acceptors (Lipinski definition) is 3. The average molecular weight is 309 g/mol. The van der Waals surface area contributed by atoms with Crippen LogP contribution in [0.3, 0.4) is 0 Å². The molecule has 0 saturated heterocycles. The van der Waals surface area contributed by atoms with Crippen molar-refractivity contribution >= 4 is 27.5 Å². The number of nitrogens with zero attached hydrogens (tertiary/aromatic N) is 1. The van der Waals surface area contributed by atoms with Gasteiger partial charge in [0.1, 0.15) is 5.69 Å². The molecule has 0 fully saturated rings. The van der Waals surface area contributed by atoms with Crippen LogP contribution in [0.5, 0.6) is 0 Å². The summed E-state index contributed by atoms with van der Waals surface area (Å²) in [5.41, 5.74) is 7.25. The third-order valence-corrected chi connectivity index (χ3v) is 3.34. The van der Waals surface area contributed by atoms with E-state index in [2.05, 4.69) is 31.4 Å². The molecule has 0 aliphatic carbocycles. The summed E-state index contributed by atoms with van der Waals surface area (Å²) in [6.07, 6.45) is 1.41. The average Bonchev–Trinajstić information content (AvgIpc) is 2.76. The normalized spacial score (nSPS) is 12.1. The number of hydrogen-bond donors (Lipinski definition) is 3. The summed E-state index contributed by atoms with van der Waals surface area (Å²) in [6, 6.07) is 7.60. The van der Waals surface area contributed by atoms with Gasteiger partial charge in [0.15, 0.2) is 0 Å². The van der Waals surface area contributed by atoms with Crippen LogP contribution in [-0.4, -0.2) is 16.1 Å². The number of rotatable bonds is 3. The highest BCUT2D eigenvalue weighted by atomic mass is 79.9. The first kappa shape index (κ1) is 12.6. The summed E-state index contributed by atoms with van der Waals surface area (Å²) in [4.78, 5) is 11.9. The molecule has 0 bridgehead atoms. The minimum absolute atomic E-state index is 0.129. The van der Waals surface area contributed by atoms with Gasteiger partial charge in [-0.2, -0.15) is 5.10 Å². The Hall–Kier alpha value is -1.82. The van der Waals surface area contributed by atoms with E-state index in [-0.39, 0.29) is 17.6 Å². The maximum absolute atomic E-state index is 11.9. The minimum Gasteiger partial charge on any atom is -0.396 e. The van der Waals surface area contributed by atoms with Gasteiger partial charge in [0.05, 0.1) is 17.9 Å². The van der Waals surface area contributed by atoms with Crippen LogP contribution in [0.2, 0.25) is 0 Å². The summed E-state index contributed by atoms with van der Waals surface area (Å²) >= 11 is 3.45. The van der Waals surface area contributed by atoms with Crippen molar-refractivity contribution in [2.24, 2.45) is 0 Å². The van der Waals surface area contributed by atoms with Gasteiger partial charge in [0.2, 0.25) is 0 Å². The molecule has 1 unspecified atom stereocenters. The molecule has 1 atom stereocenters. The van der Waals surface area contributed by atoms with Crippen molar-refractivity contribution in [1.82, 2.24) is 15.5 Å². The van der Waals surface area contributed by atoms with Gasteiger partial charge >= 0.3 is 0 Å². The van der Waals surface area contributed by atoms with Gasteiger partial charge in [-0.25, -0.2) is 0 Å². The molecule has 1 aromatic carbocycles. The van der Waals surface area contributed by atoms with Crippen LogP contribution >= 0.6 is 15.9 Å². The number of amides is 1. The van der Waals surface area contributed by atoms with Crippen LogP contribution in [0, 0.1) is 0 Å². The van der Waals surface area contributed by atoms with Crippen LogP contribution in [-0.2, 0) is 0 Å². The number of nitrogens with two attached hydrogens (primary N) is 1. The first-order chi connectivity index (χ1) is 8.59. The molecule has 0 spiro atoms. The van der Waals surface area contributed by atoms with E-state index in [1.54, 1.807) is 0 Å². The van der Waals surface area contributed by atoms with Crippen molar-refractivity contribution in [3.05, 3.63) is 46.2 Å². The Morgan fingerprint density at radius 3 is 2.83 bits per heavy atom. The number of nitrogen functional groups attached to an aromatic ring is 1. The molecule has 0 radical (unpaired) electrons. The Balaban J connectivity index is 2.13. The number of H-pyrrole nitrogens is 1. The maximum Gasteiger partial charge on any atom is 0.271 e. The number of aromatic amines is 1. The Kier molecular flexibility index (Phi) is 3.66. The van der Waals surface area contributed by atoms with E-state index >= 15 is 0 Å². The molecule has 0 saturated carbocycles. The van der Waals surface area contributed by atoms with E-state index in [0.717, 1.165) is 10.0 Å². The van der Waals surface area contributed by atoms with Gasteiger partial charge in [0.25, 0.3) is 5.91 Å². The molecule has 2 rings (SSSR count). The Bertz CT molecular complexity index is 567. The van der Waals surface area contributed by atoms with Crippen LogP contribution < -0.4 is 11.1 Å². The fourth-order valence-corrected chi connectivity index (χ4v) is 2.28. The van der Waals surface area contributed by atoms with E-state index in [1.165, 1.54) is 6.20 Å². The molecule has 1 amide bonds. The van der Waals surface area contributed by atoms with E-state index in [0.29, 0.717) is 5.69 Å². The molecule has 4 N–H and O–H groups in total. The Labute approximate surface area is 113 Å². The molecule has 5 nitrogen and oxygen atoms in total. The predicted molar refractivity (Wildman–Crippen MR) is 73.0 cm³/mol. The van der Waals surface area contributed by atoms with Crippen molar-refractivity contribution in [2.75, 3.05) is 5.73 Å². The maximum atomic E-state index is 11.9. The standard InChI is InChI=1S/C12H13BrN4O/c1-7(8-4-2-3-5-9(8)13)16-12(18)11-10(14)6-15-17-11/h2-7H,14H2,1H3,(H,15,17)(H,16,18). The smallest absolute Gasteiger partial charge is 0.271 e. The van der Waals surface area contributed by atoms with Crippen molar-refractivity contribution < 1.29 is 4.79 Å². The van der Waals surface area contributed by atoms with E-state index in [9.17, 15) is 4.79 Å². The van der Waals surface area contributed by atoms with Gasteiger partial charge in [-0.1, -0.05) is 34.1 Å². The third-order valence-electron chi connectivity index (χ3n) is 2.62. The van der Waals surface area contributed by atoms with Crippen LogP contribution in [0.25, 0.3) is 0 Å². The zero-order chi connectivity index (χ0) is 13.1. The van der Waals surface area contributed by atoms with Gasteiger partial charge in [-0.3, -0.25) is 9.89 Å². The van der Waals surface area contributed by atoms with Crippen molar-refractivity contribution in [3.8, 4) is 0 Å². The van der Waals surface area contributed by atoms with Crippen LogP contribution in [0.15, 0.2) is 34.9 Å². The lowest BCUT2D eigenvalue weighted by molar-refractivity contribution is 0.0935. The zero-order valence-corrected chi connectivity index (χ0v) is 11.4. The fraction of sp³-hybridized carbons (Fsp3) is 0.167. The number of benzene rings is 1. The summed E-state index contributed by atoms with van der Waals surface area (Å²) in [6.45, 7) is 1.91. The van der Waals surface area contributed by atoms with Crippen LogP contribution in [0.1, 0.15) is 29.0 Å². The second-order valence-corrected chi connectivity index (χ2v) is 4.77. The number of halogens is 1. The lowest BCUT2D eigenvalue weighted by atomic mass is 10.1. The topological polar surface area (TPSA) is 83.8 Å². The number of nitrogens with one attached hydrogen (secondary N) is 2. The molecular weight excluding hydrogens is 296 g/mol. The van der Waals surface area contributed by atoms with Crippen molar-refractivity contribution in [3.63, 3.8) is 0 Å². The summed E-state index contributed by atoms with van der Waals surface area (Å²) in [5.74, 6) is -0.270. The fourth-order valence-electron chi connectivity index (χ4n) is 1.65. The monoisotopic (exact) mass is 308 g/mol. The molecule has 0 aliphatic rings. The van der Waals surface area contributed by atoms with E-state index < -0.39 is 0 Å². The SMILES string of the molecule is CC(NC(=O)c1[nH]ncc1N)c1ccccc1Br. The van der Waals surface area contributed by atoms with Crippen molar-refractivity contribution in [1.29, 1.82) is 0 Å². The molecule has 2 aromatic rings. The van der Waals surface area contributed by atoms with E-state index in [1.807, 2.05) is 31.2 Å². The molecule has 1 heterocycles. The number of carbonyl (C=O) groups excluding carboxylic acids is 1. The highest BCUT2D eigenvalue weighted by Gasteiger charge is 2.16. The highest BCUT2D eigenvalue weighted by molar-refractivity contribution is 9.10. The molecule has 1 aromatic heterocycles. The number of anilines is 1. The second kappa shape index (κ2) is 5.22. The predicted octanol–water partition coefficient (Wildman–Crippen LogP) is 2.25. The first-order valence-corrected chi connectivity index (χ1v) is 6.23. The molecule has 0 aliphatic heterocycles. The Morgan fingerprint density at radius 2 is 2.22 bits per heavy atom. The molecule has 6 heteroatoms. The van der Waals surface area contributed by atoms with Gasteiger partial charge in [0, 0.05) is 4.47 Å². The van der Waals surface area contributed by atoms with Crippen molar-refractivity contribution in [2.45, 2.75) is 13.0 Å². The second-order valence-electron chi connectivity index (χ2n) is 3.92. The molecule has 94 valence electrons. The lowest BCUT2D eigenvalue weighted by Gasteiger charge is -2.15. The minimum atomic E-state index is -0.270. The Morgan fingerprint density at radius 1 is 1.50 bits per heavy atom. The van der Waals surface area contributed by atoms with Crippen LogP contribution in [0.4, 0.5) is 5.69 Å². The number of carbonyl (C=O) groups is 1. The molecular formula is C12H13BrN4O. The summed E-state index contributed by atoms with van der Waals surface area (Å²) < 4.78 is 0.954. The largest absolute Gasteiger partial charge is 0.396 e. The molecule has 18 heavy (non-hydrogen) atoms. The van der Waals surface area contributed by atoms with Gasteiger partial charge < -0.3 is 11.1 Å². The highest BCUT2D eigenvalue weighted by Crippen LogP contribution is 2.23. The number of aromatic nitrogens is 2. The quantitative estimate of drug-likeness (QED) is 0.813. The van der Waals surface area contributed by atoms with Gasteiger partial charge in [-0.15, -0.1) is 0 Å². The van der Waals surface area contributed by atoms with E-state index in [4.69, 9.17) is 5.73 Å². The summed E-state index contributed by atoms with van der Waals surface area (Å²) in [5, 5.41) is 9.16. The summed E-state index contributed by atoms with van der Waals surface area (Å²) in [7, 11) is 0. The zero-order valence-electron chi connectivity index (χ0n) is 9.77. The third kappa shape index (κ3) is 2.53. The van der Waals surface area contributed by atoms with Gasteiger partial charge in [-0.05, 0) is 18.6 Å².